The van der Waals surface area contributed by atoms with Gasteiger partial charge in [0.05, 0.1) is 24.1 Å². The minimum atomic E-state index is -1.95. The maximum atomic E-state index is 10.1. The molecule has 7 nitrogen and oxygen atoms in total. The Kier molecular flexibility index (Phi) is 4.06. The summed E-state index contributed by atoms with van der Waals surface area (Å²) in [4.78, 5) is 0. The zero-order valence-corrected chi connectivity index (χ0v) is 15.0. The van der Waals surface area contributed by atoms with Crippen molar-refractivity contribution in [2.75, 3.05) is 0 Å². The fraction of sp³-hybridized carbons (Fsp3) is 0.579. The van der Waals surface area contributed by atoms with Gasteiger partial charge in [-0.1, -0.05) is 13.8 Å². The van der Waals surface area contributed by atoms with Crippen LogP contribution in [0.4, 0.5) is 0 Å². The van der Waals surface area contributed by atoms with Gasteiger partial charge in [-0.05, 0) is 31.9 Å². The third-order valence-corrected chi connectivity index (χ3v) is 5.57. The van der Waals surface area contributed by atoms with Crippen molar-refractivity contribution in [3.05, 3.63) is 23.7 Å². The van der Waals surface area contributed by atoms with Gasteiger partial charge in [0.2, 0.25) is 17.1 Å². The lowest BCUT2D eigenvalue weighted by atomic mass is 9.53. The molecule has 0 saturated carbocycles. The molecule has 0 aromatic carbocycles. The van der Waals surface area contributed by atoms with Crippen molar-refractivity contribution in [1.82, 2.24) is 0 Å². The first-order valence-corrected chi connectivity index (χ1v) is 8.67. The average molecular weight is 352 g/mol. The highest BCUT2D eigenvalue weighted by Crippen LogP contribution is 2.68. The summed E-state index contributed by atoms with van der Waals surface area (Å²) in [5, 5.41) is 38.6. The molecule has 3 rings (SSSR count). The highest BCUT2D eigenvalue weighted by molar-refractivity contribution is 5.89. The number of aryl methyl sites for hydroxylation is 1. The molecule has 1 aromatic rings. The van der Waals surface area contributed by atoms with Crippen molar-refractivity contribution in [1.29, 1.82) is 21.2 Å². The number of fused-ring (bicyclic) bond motifs is 2. The van der Waals surface area contributed by atoms with Crippen LogP contribution in [0.15, 0.2) is 16.5 Å². The molecular formula is C19H20N4O3. The van der Waals surface area contributed by atoms with Crippen LogP contribution >= 0.6 is 0 Å². The Morgan fingerprint density at radius 2 is 1.85 bits per heavy atom. The van der Waals surface area contributed by atoms with E-state index in [2.05, 4.69) is 6.07 Å². The van der Waals surface area contributed by atoms with Crippen LogP contribution < -0.4 is 0 Å². The zero-order chi connectivity index (χ0) is 19.2. The van der Waals surface area contributed by atoms with E-state index in [0.29, 0.717) is 30.8 Å². The van der Waals surface area contributed by atoms with Gasteiger partial charge in [-0.25, -0.2) is 0 Å². The summed E-state index contributed by atoms with van der Waals surface area (Å²) in [7, 11) is 0. The van der Waals surface area contributed by atoms with Crippen LogP contribution in [0.2, 0.25) is 0 Å². The molecule has 7 heteroatoms. The predicted molar refractivity (Wildman–Crippen MR) is 89.2 cm³/mol. The van der Waals surface area contributed by atoms with Crippen molar-refractivity contribution in [2.24, 2.45) is 16.7 Å². The third-order valence-electron chi connectivity index (χ3n) is 5.57. The van der Waals surface area contributed by atoms with E-state index in [0.717, 1.165) is 0 Å². The summed E-state index contributed by atoms with van der Waals surface area (Å²) in [5.74, 6) is -1.30. The summed E-state index contributed by atoms with van der Waals surface area (Å²) < 4.78 is 17.7. The number of furan rings is 1. The van der Waals surface area contributed by atoms with Gasteiger partial charge >= 0.3 is 0 Å². The van der Waals surface area contributed by atoms with Gasteiger partial charge in [-0.2, -0.15) is 15.8 Å². The number of hydrogen-bond acceptors (Lipinski definition) is 7. The lowest BCUT2D eigenvalue weighted by Gasteiger charge is -2.48. The van der Waals surface area contributed by atoms with E-state index >= 15 is 0 Å². The lowest BCUT2D eigenvalue weighted by molar-refractivity contribution is -0.289. The molecule has 2 aliphatic rings. The number of nitriles is 3. The molecule has 26 heavy (non-hydrogen) atoms. The van der Waals surface area contributed by atoms with E-state index in [-0.39, 0.29) is 5.90 Å². The topological polar surface area (TPSA) is 127 Å². The molecule has 4 unspecified atom stereocenters. The second kappa shape index (κ2) is 5.87. The van der Waals surface area contributed by atoms with Crippen molar-refractivity contribution in [3.8, 4) is 18.2 Å². The van der Waals surface area contributed by atoms with Crippen molar-refractivity contribution >= 4 is 5.90 Å². The third kappa shape index (κ3) is 1.86. The summed E-state index contributed by atoms with van der Waals surface area (Å²) in [6.07, 6.45) is 0.454. The first kappa shape index (κ1) is 18.0. The molecule has 1 aromatic heterocycles. The molecule has 2 fully saturated rings. The van der Waals surface area contributed by atoms with Crippen LogP contribution in [-0.4, -0.2) is 11.7 Å². The van der Waals surface area contributed by atoms with E-state index in [1.807, 2.05) is 26.0 Å². The highest BCUT2D eigenvalue weighted by Gasteiger charge is 2.80. The van der Waals surface area contributed by atoms with Crippen molar-refractivity contribution < 1.29 is 13.9 Å². The van der Waals surface area contributed by atoms with Gasteiger partial charge < -0.3 is 13.9 Å². The van der Waals surface area contributed by atoms with E-state index in [4.69, 9.17) is 19.3 Å². The summed E-state index contributed by atoms with van der Waals surface area (Å²) in [6.45, 7) is 5.55. The largest absolute Gasteiger partial charge is 0.464 e. The molecule has 0 aliphatic carbocycles. The maximum Gasteiger partial charge on any atom is 0.217 e. The fourth-order valence-corrected chi connectivity index (χ4v) is 4.52. The molecule has 4 atom stereocenters. The van der Waals surface area contributed by atoms with Crippen LogP contribution in [0.3, 0.4) is 0 Å². The van der Waals surface area contributed by atoms with Gasteiger partial charge in [0.1, 0.15) is 11.5 Å². The SMILES string of the molecule is CCCC12OC(=N)C(C#N)(C1CC)C(C#N)(C#N)C(c1ccc(C)o1)O2. The summed E-state index contributed by atoms with van der Waals surface area (Å²) in [6, 6.07) is 9.50. The van der Waals surface area contributed by atoms with Crippen molar-refractivity contribution in [2.45, 2.75) is 51.9 Å². The summed E-state index contributed by atoms with van der Waals surface area (Å²) in [5.41, 5.74) is -3.67. The van der Waals surface area contributed by atoms with Gasteiger partial charge in [0.25, 0.3) is 0 Å². The Morgan fingerprint density at radius 1 is 1.15 bits per heavy atom. The van der Waals surface area contributed by atoms with E-state index in [9.17, 15) is 15.8 Å². The lowest BCUT2D eigenvalue weighted by Crippen LogP contribution is -2.59. The van der Waals surface area contributed by atoms with Gasteiger partial charge in [0, 0.05) is 6.42 Å². The molecule has 134 valence electrons. The maximum absolute atomic E-state index is 10.1. The number of nitrogens with one attached hydrogen (secondary N) is 1. The molecule has 0 amide bonds. The van der Waals surface area contributed by atoms with Crippen LogP contribution in [0.5, 0.6) is 0 Å². The van der Waals surface area contributed by atoms with Gasteiger partial charge in [0.15, 0.2) is 11.5 Å². The molecule has 1 N–H and O–H groups in total. The standard InChI is InChI=1S/C19H20N4O3/c1-4-8-19-14(5-2)18(11-22,16(23)26-19)17(9-20,10-21)15(25-19)13-7-6-12(3)24-13/h6-7,14-15,23H,4-5,8H2,1-3H3. The van der Waals surface area contributed by atoms with E-state index in [1.165, 1.54) is 0 Å². The number of hydrogen-bond donors (Lipinski definition) is 1. The Bertz CT molecular complexity index is 857. The molecular weight excluding hydrogens is 332 g/mol. The minimum Gasteiger partial charge on any atom is -0.464 e. The Labute approximate surface area is 152 Å². The predicted octanol–water partition coefficient (Wildman–Crippen LogP) is 3.73. The van der Waals surface area contributed by atoms with Crippen LogP contribution in [0.1, 0.15) is 50.7 Å². The highest BCUT2D eigenvalue weighted by atomic mass is 16.7. The molecule has 3 heterocycles. The first-order valence-electron chi connectivity index (χ1n) is 8.67. The van der Waals surface area contributed by atoms with E-state index in [1.54, 1.807) is 19.1 Å². The molecule has 0 spiro atoms. The smallest absolute Gasteiger partial charge is 0.217 e. The van der Waals surface area contributed by atoms with E-state index < -0.39 is 28.6 Å². The Morgan fingerprint density at radius 3 is 2.31 bits per heavy atom. The van der Waals surface area contributed by atoms with Crippen LogP contribution in [-0.2, 0) is 9.47 Å². The fourth-order valence-electron chi connectivity index (χ4n) is 4.52. The quantitative estimate of drug-likeness (QED) is 0.879. The molecule has 2 saturated heterocycles. The zero-order valence-electron chi connectivity index (χ0n) is 15.0. The van der Waals surface area contributed by atoms with Gasteiger partial charge in [-0.15, -0.1) is 0 Å². The number of ether oxygens (including phenoxy) is 2. The Balaban J connectivity index is 2.33. The molecule has 2 aliphatic heterocycles. The van der Waals surface area contributed by atoms with Gasteiger partial charge in [-0.3, -0.25) is 5.41 Å². The minimum absolute atomic E-state index is 0.290. The molecule has 2 bridgehead atoms. The number of nitrogens with zero attached hydrogens (tertiary/aromatic N) is 3. The first-order chi connectivity index (χ1) is 12.4. The molecule has 0 radical (unpaired) electrons. The second-order valence-corrected chi connectivity index (χ2v) is 6.85. The average Bonchev–Trinajstić information content (AvgIpc) is 3.13. The number of rotatable bonds is 4. The normalized spacial score (nSPS) is 34.4. The second-order valence-electron chi connectivity index (χ2n) is 6.85. The van der Waals surface area contributed by atoms with Crippen LogP contribution in [0, 0.1) is 63.1 Å². The van der Waals surface area contributed by atoms with Crippen molar-refractivity contribution in [3.63, 3.8) is 0 Å². The van der Waals surface area contributed by atoms with Crippen LogP contribution in [0.25, 0.3) is 0 Å². The summed E-state index contributed by atoms with van der Waals surface area (Å²) >= 11 is 0. The monoisotopic (exact) mass is 352 g/mol. The Hall–Kier alpha value is -2.82.